The minimum atomic E-state index is -1.13. The summed E-state index contributed by atoms with van der Waals surface area (Å²) in [7, 11) is 2.15. The van der Waals surface area contributed by atoms with Gasteiger partial charge in [0.15, 0.2) is 17.4 Å². The number of Topliss-reactive ketones (excluding diaryl/α,β-unsaturated/α-hetero) is 1. The van der Waals surface area contributed by atoms with E-state index in [-0.39, 0.29) is 18.2 Å². The highest BCUT2D eigenvalue weighted by Gasteiger charge is 2.19. The third-order valence-corrected chi connectivity index (χ3v) is 6.19. The molecule has 0 unspecified atom stereocenters. The van der Waals surface area contributed by atoms with Gasteiger partial charge in [-0.1, -0.05) is 11.8 Å². The van der Waals surface area contributed by atoms with Crippen molar-refractivity contribution in [2.24, 2.45) is 0 Å². The fourth-order valence-electron chi connectivity index (χ4n) is 4.11. The molecule has 8 nitrogen and oxygen atoms in total. The molecule has 1 fully saturated rings. The summed E-state index contributed by atoms with van der Waals surface area (Å²) in [5.41, 5.74) is 8.71. The first-order chi connectivity index (χ1) is 17.1. The molecule has 36 heavy (non-hydrogen) atoms. The van der Waals surface area contributed by atoms with Crippen LogP contribution in [0.1, 0.15) is 61.1 Å². The monoisotopic (exact) mass is 487 g/mol. The molecule has 0 atom stereocenters. The van der Waals surface area contributed by atoms with Gasteiger partial charge in [0.05, 0.1) is 12.2 Å². The third-order valence-electron chi connectivity index (χ3n) is 6.19. The number of anilines is 1. The number of carbonyl (C=O) groups excluding carboxylic acids is 1. The molecule has 2 aromatic heterocycles. The third kappa shape index (κ3) is 6.51. The Balaban J connectivity index is 1.52. The van der Waals surface area contributed by atoms with Crippen molar-refractivity contribution in [3.63, 3.8) is 0 Å². The van der Waals surface area contributed by atoms with Crippen LogP contribution in [0.3, 0.4) is 0 Å². The number of hydrogen-bond acceptors (Lipinski definition) is 7. The summed E-state index contributed by atoms with van der Waals surface area (Å²) >= 11 is 0. The Morgan fingerprint density at radius 1 is 1.19 bits per heavy atom. The van der Waals surface area contributed by atoms with Crippen LogP contribution in [-0.2, 0) is 6.61 Å². The van der Waals surface area contributed by atoms with Crippen LogP contribution >= 0.6 is 0 Å². The minimum Gasteiger partial charge on any atom is -0.485 e. The number of nitrogen functional groups attached to an aromatic ring is 1. The fraction of sp³-hybridized carbons (Fsp3) is 0.393. The first-order valence-electron chi connectivity index (χ1n) is 12.1. The Morgan fingerprint density at radius 2 is 1.94 bits per heavy atom. The lowest BCUT2D eigenvalue weighted by Gasteiger charge is -2.28. The average Bonchev–Trinajstić information content (AvgIpc) is 3.32. The van der Waals surface area contributed by atoms with E-state index < -0.39 is 5.60 Å². The number of piperidine rings is 1. The number of nitrogens with zero attached hydrogens (tertiary/aromatic N) is 4. The summed E-state index contributed by atoms with van der Waals surface area (Å²) in [4.78, 5) is 18.7. The van der Waals surface area contributed by atoms with E-state index in [0.717, 1.165) is 42.6 Å². The Kier molecular flexibility index (Phi) is 7.43. The normalized spacial score (nSPS) is 14.8. The van der Waals surface area contributed by atoms with E-state index in [4.69, 9.17) is 10.5 Å². The molecule has 0 aliphatic carbocycles. The van der Waals surface area contributed by atoms with Gasteiger partial charge in [-0.15, -0.1) is 0 Å². The van der Waals surface area contributed by atoms with Crippen LogP contribution in [0.5, 0.6) is 5.75 Å². The van der Waals surface area contributed by atoms with Crippen LogP contribution in [0.2, 0.25) is 0 Å². The van der Waals surface area contributed by atoms with Gasteiger partial charge in [0, 0.05) is 34.6 Å². The topological polar surface area (TPSA) is 106 Å². The molecule has 0 radical (unpaired) electrons. The maximum absolute atomic E-state index is 12.0. The molecule has 0 bridgehead atoms. The number of ketones is 1. The quantitative estimate of drug-likeness (QED) is 0.403. The van der Waals surface area contributed by atoms with Gasteiger partial charge in [-0.2, -0.15) is 5.10 Å². The van der Waals surface area contributed by atoms with Crippen molar-refractivity contribution >= 4 is 11.6 Å². The van der Waals surface area contributed by atoms with Gasteiger partial charge in [-0.3, -0.25) is 9.48 Å². The van der Waals surface area contributed by atoms with Crippen molar-refractivity contribution in [1.82, 2.24) is 19.7 Å². The highest BCUT2D eigenvalue weighted by molar-refractivity contribution is 5.94. The number of carbonyl (C=O) groups is 1. The van der Waals surface area contributed by atoms with Crippen LogP contribution in [-0.4, -0.2) is 56.3 Å². The zero-order valence-corrected chi connectivity index (χ0v) is 21.3. The lowest BCUT2D eigenvalue weighted by molar-refractivity contribution is 0.101. The highest BCUT2D eigenvalue weighted by Crippen LogP contribution is 2.29. The van der Waals surface area contributed by atoms with Crippen molar-refractivity contribution < 1.29 is 14.6 Å². The Labute approximate surface area is 212 Å². The molecule has 0 spiro atoms. The van der Waals surface area contributed by atoms with E-state index in [1.807, 2.05) is 23.0 Å². The largest absolute Gasteiger partial charge is 0.485 e. The molecular weight excluding hydrogens is 454 g/mol. The van der Waals surface area contributed by atoms with E-state index in [1.165, 1.54) is 6.92 Å². The summed E-state index contributed by atoms with van der Waals surface area (Å²) in [5.74, 6) is 6.38. The van der Waals surface area contributed by atoms with Crippen LogP contribution in [0.15, 0.2) is 42.9 Å². The molecule has 1 aliphatic rings. The number of rotatable bonds is 6. The van der Waals surface area contributed by atoms with Crippen LogP contribution < -0.4 is 10.5 Å². The van der Waals surface area contributed by atoms with Crippen molar-refractivity contribution in [3.05, 3.63) is 59.5 Å². The summed E-state index contributed by atoms with van der Waals surface area (Å²) in [6, 6.07) is 7.58. The number of hydrogen-bond donors (Lipinski definition) is 2. The molecule has 0 amide bonds. The molecule has 4 rings (SSSR count). The number of likely N-dealkylation sites (tertiary alicyclic amines) is 1. The lowest BCUT2D eigenvalue weighted by atomic mass is 10.0. The predicted molar refractivity (Wildman–Crippen MR) is 140 cm³/mol. The van der Waals surface area contributed by atoms with Gasteiger partial charge in [0.2, 0.25) is 0 Å². The van der Waals surface area contributed by atoms with Crippen molar-refractivity contribution in [2.45, 2.75) is 51.9 Å². The zero-order chi connectivity index (χ0) is 25.9. The molecular formula is C28H33N5O3. The fourth-order valence-corrected chi connectivity index (χ4v) is 4.11. The van der Waals surface area contributed by atoms with E-state index in [9.17, 15) is 9.90 Å². The van der Waals surface area contributed by atoms with E-state index >= 15 is 0 Å². The number of aromatic nitrogens is 3. The van der Waals surface area contributed by atoms with Crippen molar-refractivity contribution in [3.8, 4) is 28.7 Å². The van der Waals surface area contributed by atoms with Gasteiger partial charge in [0.25, 0.3) is 0 Å². The number of ether oxygens (including phenoxy) is 1. The van der Waals surface area contributed by atoms with Gasteiger partial charge in [-0.05, 0) is 83.6 Å². The highest BCUT2D eigenvalue weighted by atomic mass is 16.5. The van der Waals surface area contributed by atoms with Crippen LogP contribution in [0.4, 0.5) is 5.82 Å². The van der Waals surface area contributed by atoms with E-state index in [2.05, 4.69) is 40.1 Å². The second-order valence-electron chi connectivity index (χ2n) is 9.92. The molecule has 3 aromatic rings. The Bertz CT molecular complexity index is 1300. The number of benzene rings is 1. The number of pyridine rings is 1. The maximum Gasteiger partial charge on any atom is 0.166 e. The van der Waals surface area contributed by atoms with Crippen LogP contribution in [0, 0.1) is 11.8 Å². The molecule has 0 saturated carbocycles. The number of nitrogens with two attached hydrogens (primary N) is 1. The molecule has 3 N–H and O–H groups in total. The van der Waals surface area contributed by atoms with Gasteiger partial charge in [0.1, 0.15) is 12.2 Å². The van der Waals surface area contributed by atoms with Gasteiger partial charge in [-0.25, -0.2) is 4.98 Å². The molecule has 1 saturated heterocycles. The Hall–Kier alpha value is -3.67. The number of aliphatic hydroxyl groups is 1. The van der Waals surface area contributed by atoms with Crippen LogP contribution in [0.25, 0.3) is 11.1 Å². The Morgan fingerprint density at radius 3 is 2.64 bits per heavy atom. The maximum atomic E-state index is 12.0. The van der Waals surface area contributed by atoms with Gasteiger partial charge >= 0.3 is 0 Å². The van der Waals surface area contributed by atoms with Gasteiger partial charge < -0.3 is 20.5 Å². The summed E-state index contributed by atoms with van der Waals surface area (Å²) in [6.07, 6.45) is 7.77. The standard InChI is InChI=1S/C28H33N5O3/c1-19(34)22-12-20(5-8-28(2,3)35)11-21(13-22)18-36-26-14-23(15-30-27(26)29)24-16-31-33(17-24)25-6-9-32(4)10-7-25/h11-17,25,35H,6-7,9-10,18H2,1-4H3,(H2,29,30). The average molecular weight is 488 g/mol. The predicted octanol–water partition coefficient (Wildman–Crippen LogP) is 3.70. The molecule has 8 heteroatoms. The second kappa shape index (κ2) is 10.5. The summed E-state index contributed by atoms with van der Waals surface area (Å²) in [5, 5.41) is 14.5. The first-order valence-corrected chi connectivity index (χ1v) is 12.1. The summed E-state index contributed by atoms with van der Waals surface area (Å²) in [6.45, 7) is 7.04. The molecule has 1 aromatic carbocycles. The van der Waals surface area contributed by atoms with E-state index in [1.54, 1.807) is 32.2 Å². The van der Waals surface area contributed by atoms with Crippen molar-refractivity contribution in [2.75, 3.05) is 25.9 Å². The summed E-state index contributed by atoms with van der Waals surface area (Å²) < 4.78 is 8.07. The second-order valence-corrected chi connectivity index (χ2v) is 9.92. The minimum absolute atomic E-state index is 0.0760. The molecule has 1 aliphatic heterocycles. The van der Waals surface area contributed by atoms with Crippen molar-refractivity contribution in [1.29, 1.82) is 0 Å². The lowest BCUT2D eigenvalue weighted by Crippen LogP contribution is -2.31. The zero-order valence-electron chi connectivity index (χ0n) is 21.3. The molecule has 3 heterocycles. The van der Waals surface area contributed by atoms with E-state index in [0.29, 0.717) is 22.9 Å². The SMILES string of the molecule is CC(=O)c1cc(C#CC(C)(C)O)cc(COc2cc(-c3cnn(C4CCN(C)CC4)c3)cnc2N)c1. The smallest absolute Gasteiger partial charge is 0.166 e. The first kappa shape index (κ1) is 25.4. The molecule has 188 valence electrons.